The Morgan fingerprint density at radius 1 is 1.46 bits per heavy atom. The first-order valence-electron chi connectivity index (χ1n) is 7.36. The van der Waals surface area contributed by atoms with Gasteiger partial charge in [-0.1, -0.05) is 0 Å². The second-order valence-electron chi connectivity index (χ2n) is 5.48. The molecule has 0 aromatic carbocycles. The summed E-state index contributed by atoms with van der Waals surface area (Å²) in [6.45, 7) is -0.0730. The highest BCUT2D eigenvalue weighted by Crippen LogP contribution is 2.30. The molecular weight excluding hydrogens is 331 g/mol. The predicted octanol–water partition coefficient (Wildman–Crippen LogP) is 0.993. The quantitative estimate of drug-likeness (QED) is 0.737. The Bertz CT molecular complexity index is 562. The minimum absolute atomic E-state index is 0.0746. The van der Waals surface area contributed by atoms with E-state index in [9.17, 15) is 27.9 Å². The molecule has 0 radical (unpaired) electrons. The summed E-state index contributed by atoms with van der Waals surface area (Å²) in [4.78, 5) is 24.6. The highest BCUT2D eigenvalue weighted by molar-refractivity contribution is 5.95. The standard InChI is InChI=1S/C14H18F3N3O4/c15-14(16,17)12(22)10-4-1-5-20(10)8-11(21)19-13(23)18-7-9-3-2-6-24-9/h2-3,6,10,12,22H,1,4-5,7-8H2,(H2,18,19,21,23)/t10-,12+/m1/s1. The maximum Gasteiger partial charge on any atom is 0.415 e. The number of nitrogens with zero attached hydrogens (tertiary/aromatic N) is 1. The first-order chi connectivity index (χ1) is 11.3. The summed E-state index contributed by atoms with van der Waals surface area (Å²) in [7, 11) is 0. The number of hydrogen-bond donors (Lipinski definition) is 3. The van der Waals surface area contributed by atoms with Crippen molar-refractivity contribution in [1.29, 1.82) is 0 Å². The van der Waals surface area contributed by atoms with Crippen molar-refractivity contribution in [3.8, 4) is 0 Å². The number of aliphatic hydroxyl groups is 1. The topological polar surface area (TPSA) is 94.8 Å². The molecule has 3 N–H and O–H groups in total. The summed E-state index contributed by atoms with van der Waals surface area (Å²) in [6.07, 6.45) is -5.25. The van der Waals surface area contributed by atoms with Crippen LogP contribution in [0.1, 0.15) is 18.6 Å². The van der Waals surface area contributed by atoms with E-state index < -0.39 is 36.8 Å². The van der Waals surface area contributed by atoms with Crippen LogP contribution in [0.25, 0.3) is 0 Å². The third kappa shape index (κ3) is 4.96. The van der Waals surface area contributed by atoms with Gasteiger partial charge in [0, 0.05) is 6.04 Å². The SMILES string of the molecule is O=C(CN1CCC[C@@H]1[C@H](O)C(F)(F)F)NC(=O)NCc1ccco1. The Morgan fingerprint density at radius 3 is 2.83 bits per heavy atom. The molecule has 0 unspecified atom stereocenters. The van der Waals surface area contributed by atoms with Gasteiger partial charge in [-0.05, 0) is 31.5 Å². The van der Waals surface area contributed by atoms with E-state index in [4.69, 9.17) is 4.42 Å². The Balaban J connectivity index is 1.79. The molecule has 2 atom stereocenters. The molecule has 1 aromatic heterocycles. The molecule has 3 amide bonds. The van der Waals surface area contributed by atoms with Gasteiger partial charge < -0.3 is 14.8 Å². The van der Waals surface area contributed by atoms with E-state index in [1.54, 1.807) is 12.1 Å². The monoisotopic (exact) mass is 349 g/mol. The van der Waals surface area contributed by atoms with Gasteiger partial charge in [-0.25, -0.2) is 4.79 Å². The van der Waals surface area contributed by atoms with E-state index in [1.165, 1.54) is 11.2 Å². The maximum absolute atomic E-state index is 12.6. The second-order valence-corrected chi connectivity index (χ2v) is 5.48. The van der Waals surface area contributed by atoms with E-state index in [0.29, 0.717) is 12.2 Å². The van der Waals surface area contributed by atoms with Gasteiger partial charge in [-0.2, -0.15) is 13.2 Å². The van der Waals surface area contributed by atoms with Crippen LogP contribution in [0.3, 0.4) is 0 Å². The Hall–Kier alpha value is -2.07. The minimum Gasteiger partial charge on any atom is -0.467 e. The molecule has 0 bridgehead atoms. The largest absolute Gasteiger partial charge is 0.467 e. The fraction of sp³-hybridized carbons (Fsp3) is 0.571. The molecule has 1 fully saturated rings. The van der Waals surface area contributed by atoms with Crippen LogP contribution in [-0.2, 0) is 11.3 Å². The van der Waals surface area contributed by atoms with Gasteiger partial charge in [0.25, 0.3) is 0 Å². The molecule has 7 nitrogen and oxygen atoms in total. The summed E-state index contributed by atoms with van der Waals surface area (Å²) >= 11 is 0. The van der Waals surface area contributed by atoms with Gasteiger partial charge in [0.15, 0.2) is 6.10 Å². The number of aliphatic hydroxyl groups excluding tert-OH is 1. The van der Waals surface area contributed by atoms with Crippen LogP contribution in [0, 0.1) is 0 Å². The lowest BCUT2D eigenvalue weighted by molar-refractivity contribution is -0.219. The van der Waals surface area contributed by atoms with Crippen molar-refractivity contribution in [3.05, 3.63) is 24.2 Å². The number of nitrogens with one attached hydrogen (secondary N) is 2. The van der Waals surface area contributed by atoms with Crippen LogP contribution in [0.15, 0.2) is 22.8 Å². The summed E-state index contributed by atoms with van der Waals surface area (Å²) in [5.41, 5.74) is 0. The van der Waals surface area contributed by atoms with Gasteiger partial charge in [-0.15, -0.1) is 0 Å². The van der Waals surface area contributed by atoms with E-state index in [0.717, 1.165) is 0 Å². The average Bonchev–Trinajstić information content (AvgIpc) is 3.14. The smallest absolute Gasteiger partial charge is 0.415 e. The fourth-order valence-corrected chi connectivity index (χ4v) is 2.60. The summed E-state index contributed by atoms with van der Waals surface area (Å²) in [5, 5.41) is 13.8. The lowest BCUT2D eigenvalue weighted by Crippen LogP contribution is -2.51. The molecule has 0 aliphatic carbocycles. The predicted molar refractivity (Wildman–Crippen MR) is 75.7 cm³/mol. The summed E-state index contributed by atoms with van der Waals surface area (Å²) in [5.74, 6) is -0.251. The van der Waals surface area contributed by atoms with Gasteiger partial charge in [-0.3, -0.25) is 15.0 Å². The number of likely N-dealkylation sites (tertiary alicyclic amines) is 1. The fourth-order valence-electron chi connectivity index (χ4n) is 2.60. The van der Waals surface area contributed by atoms with Gasteiger partial charge in [0.05, 0.1) is 19.4 Å². The molecule has 10 heteroatoms. The van der Waals surface area contributed by atoms with Crippen LogP contribution in [-0.4, -0.2) is 53.4 Å². The first-order valence-corrected chi connectivity index (χ1v) is 7.36. The molecule has 0 saturated carbocycles. The molecule has 2 heterocycles. The first kappa shape index (κ1) is 18.3. The van der Waals surface area contributed by atoms with Crippen LogP contribution < -0.4 is 10.6 Å². The van der Waals surface area contributed by atoms with Crippen molar-refractivity contribution < 1.29 is 32.3 Å². The van der Waals surface area contributed by atoms with Crippen LogP contribution >= 0.6 is 0 Å². The Kier molecular flexibility index (Phi) is 5.84. The third-order valence-corrected chi connectivity index (χ3v) is 3.72. The van der Waals surface area contributed by atoms with Crippen LogP contribution in [0.2, 0.25) is 0 Å². The van der Waals surface area contributed by atoms with Crippen LogP contribution in [0.5, 0.6) is 0 Å². The number of hydrogen-bond acceptors (Lipinski definition) is 5. The number of furan rings is 1. The number of rotatable bonds is 5. The third-order valence-electron chi connectivity index (χ3n) is 3.72. The summed E-state index contributed by atoms with van der Waals surface area (Å²) in [6, 6.07) is 1.32. The lowest BCUT2D eigenvalue weighted by Gasteiger charge is -2.29. The number of urea groups is 1. The van der Waals surface area contributed by atoms with Crippen molar-refractivity contribution in [3.63, 3.8) is 0 Å². The van der Waals surface area contributed by atoms with E-state index >= 15 is 0 Å². The molecule has 2 rings (SSSR count). The Morgan fingerprint density at radius 2 is 2.21 bits per heavy atom. The number of imide groups is 1. The number of amides is 3. The molecule has 1 aliphatic rings. The average molecular weight is 349 g/mol. The van der Waals surface area contributed by atoms with Gasteiger partial charge >= 0.3 is 12.2 Å². The van der Waals surface area contributed by atoms with Crippen molar-refractivity contribution >= 4 is 11.9 Å². The van der Waals surface area contributed by atoms with Gasteiger partial charge in [0.1, 0.15) is 5.76 Å². The van der Waals surface area contributed by atoms with Crippen LogP contribution in [0.4, 0.5) is 18.0 Å². The van der Waals surface area contributed by atoms with Crippen molar-refractivity contribution in [1.82, 2.24) is 15.5 Å². The zero-order valence-electron chi connectivity index (χ0n) is 12.7. The molecular formula is C14H18F3N3O4. The van der Waals surface area contributed by atoms with Crippen molar-refractivity contribution in [2.75, 3.05) is 13.1 Å². The molecule has 24 heavy (non-hydrogen) atoms. The van der Waals surface area contributed by atoms with Gasteiger partial charge in [0.2, 0.25) is 5.91 Å². The number of halogens is 3. The lowest BCUT2D eigenvalue weighted by atomic mass is 10.1. The molecule has 134 valence electrons. The number of carbonyl (C=O) groups excluding carboxylic acids is 2. The molecule has 1 aromatic rings. The zero-order valence-corrected chi connectivity index (χ0v) is 12.7. The normalized spacial score (nSPS) is 19.9. The minimum atomic E-state index is -4.75. The number of carbonyl (C=O) groups is 2. The molecule has 1 aliphatic heterocycles. The van der Waals surface area contributed by atoms with E-state index in [2.05, 4.69) is 5.32 Å². The Labute approximate surface area is 135 Å². The van der Waals surface area contributed by atoms with E-state index in [1.807, 2.05) is 5.32 Å². The molecule has 0 spiro atoms. The second kappa shape index (κ2) is 7.67. The number of alkyl halides is 3. The summed E-state index contributed by atoms with van der Waals surface area (Å²) < 4.78 is 42.8. The maximum atomic E-state index is 12.6. The van der Waals surface area contributed by atoms with E-state index in [-0.39, 0.29) is 19.5 Å². The van der Waals surface area contributed by atoms with Crippen molar-refractivity contribution in [2.24, 2.45) is 0 Å². The highest BCUT2D eigenvalue weighted by Gasteiger charge is 2.47. The molecule has 1 saturated heterocycles. The van der Waals surface area contributed by atoms with Crippen molar-refractivity contribution in [2.45, 2.75) is 37.7 Å². The highest BCUT2D eigenvalue weighted by atomic mass is 19.4. The zero-order chi connectivity index (χ0) is 17.7.